The van der Waals surface area contributed by atoms with Crippen LogP contribution in [0.15, 0.2) is 0 Å². The van der Waals surface area contributed by atoms with E-state index in [1.807, 2.05) is 13.8 Å². The maximum absolute atomic E-state index is 14.1. The Labute approximate surface area is 200 Å². The Kier molecular flexibility index (Phi) is 5.09. The van der Waals surface area contributed by atoms with E-state index in [0.29, 0.717) is 12.8 Å². The standard InChI is InChI=1S/C26H36O8/c1-13(27)31-12-25(6)17-11-19(33-15(3)29)26-16(23(17,4)10-8-18(25)32-14(2)28)7-9-24(5,22(26)30)20-21(26)34-20/h16-21H,7-12H2,1-6H3/t16-,17-,18+,19-,20-,21+,23-,24+,25+,26-/m0/s1. The highest BCUT2D eigenvalue weighted by atomic mass is 16.6. The summed E-state index contributed by atoms with van der Waals surface area (Å²) < 4.78 is 23.4. The molecule has 1 aliphatic heterocycles. The minimum absolute atomic E-state index is 0.0314. The smallest absolute Gasteiger partial charge is 0.302 e. The molecule has 188 valence electrons. The summed E-state index contributed by atoms with van der Waals surface area (Å²) in [7, 11) is 0. The molecule has 1 saturated heterocycles. The fourth-order valence-corrected chi connectivity index (χ4v) is 8.92. The summed E-state index contributed by atoms with van der Waals surface area (Å²) in [6.45, 7) is 10.5. The molecule has 0 unspecified atom stereocenters. The highest BCUT2D eigenvalue weighted by Crippen LogP contribution is 2.77. The number of carbonyl (C=O) groups excluding carboxylic acids is 4. The second-order valence-corrected chi connectivity index (χ2v) is 12.1. The third kappa shape index (κ3) is 2.86. The van der Waals surface area contributed by atoms with Gasteiger partial charge < -0.3 is 18.9 Å². The lowest BCUT2D eigenvalue weighted by molar-refractivity contribution is -0.245. The van der Waals surface area contributed by atoms with Crippen LogP contribution in [0.3, 0.4) is 0 Å². The summed E-state index contributed by atoms with van der Waals surface area (Å²) in [6, 6.07) is 0. The molecule has 0 radical (unpaired) electrons. The molecule has 5 fully saturated rings. The molecule has 1 spiro atoms. The zero-order chi connectivity index (χ0) is 24.8. The summed E-state index contributed by atoms with van der Waals surface area (Å²) in [4.78, 5) is 50.2. The molecule has 0 aromatic carbocycles. The van der Waals surface area contributed by atoms with Gasteiger partial charge in [-0.1, -0.05) is 20.8 Å². The number of rotatable bonds is 4. The molecular formula is C26H36O8. The molecule has 4 aliphatic carbocycles. The van der Waals surface area contributed by atoms with E-state index in [2.05, 4.69) is 6.92 Å². The van der Waals surface area contributed by atoms with Gasteiger partial charge in [-0.3, -0.25) is 19.2 Å². The second-order valence-electron chi connectivity index (χ2n) is 12.1. The largest absolute Gasteiger partial charge is 0.465 e. The fourth-order valence-electron chi connectivity index (χ4n) is 8.92. The Balaban J connectivity index is 1.62. The first-order chi connectivity index (χ1) is 15.8. The quantitative estimate of drug-likeness (QED) is 0.346. The lowest BCUT2D eigenvalue weighted by Crippen LogP contribution is -2.70. The number of epoxide rings is 1. The minimum atomic E-state index is -0.842. The number of carbonyl (C=O) groups is 4. The van der Waals surface area contributed by atoms with Crippen LogP contribution >= 0.6 is 0 Å². The Morgan fingerprint density at radius 1 is 0.882 bits per heavy atom. The number of fused-ring (bicyclic) bond motifs is 5. The zero-order valence-electron chi connectivity index (χ0n) is 21.0. The molecule has 34 heavy (non-hydrogen) atoms. The normalized spacial score (nSPS) is 50.4. The number of hydrogen-bond donors (Lipinski definition) is 0. The van der Waals surface area contributed by atoms with E-state index in [4.69, 9.17) is 18.9 Å². The minimum Gasteiger partial charge on any atom is -0.465 e. The van der Waals surface area contributed by atoms with Gasteiger partial charge in [0.05, 0.1) is 16.9 Å². The van der Waals surface area contributed by atoms with Crippen LogP contribution in [0.4, 0.5) is 0 Å². The predicted octanol–water partition coefficient (Wildman–Crippen LogP) is 2.99. The lowest BCUT2D eigenvalue weighted by atomic mass is 9.38. The van der Waals surface area contributed by atoms with Crippen LogP contribution in [0.5, 0.6) is 0 Å². The molecule has 5 aliphatic rings. The van der Waals surface area contributed by atoms with Crippen molar-refractivity contribution in [2.75, 3.05) is 6.61 Å². The van der Waals surface area contributed by atoms with Crippen molar-refractivity contribution in [2.24, 2.45) is 33.5 Å². The zero-order valence-corrected chi connectivity index (χ0v) is 21.0. The molecule has 1 heterocycles. The van der Waals surface area contributed by atoms with Crippen molar-refractivity contribution >= 4 is 23.7 Å². The lowest BCUT2D eigenvalue weighted by Gasteiger charge is -2.66. The molecular weight excluding hydrogens is 440 g/mol. The van der Waals surface area contributed by atoms with Gasteiger partial charge in [-0.05, 0) is 49.4 Å². The topological polar surface area (TPSA) is 108 Å². The first-order valence-electron chi connectivity index (χ1n) is 12.5. The predicted molar refractivity (Wildman–Crippen MR) is 118 cm³/mol. The number of Topliss-reactive ketones (excluding diaryl/α,β-unsaturated/α-hetero) is 1. The van der Waals surface area contributed by atoms with Crippen LogP contribution in [0.2, 0.25) is 0 Å². The van der Waals surface area contributed by atoms with E-state index in [1.54, 1.807) is 0 Å². The first-order valence-corrected chi connectivity index (χ1v) is 12.5. The summed E-state index contributed by atoms with van der Waals surface area (Å²) in [5.74, 6) is -1.12. The fraction of sp³-hybridized carbons (Fsp3) is 0.846. The third-order valence-electron chi connectivity index (χ3n) is 10.3. The molecule has 0 N–H and O–H groups in total. The van der Waals surface area contributed by atoms with Gasteiger partial charge in [0.2, 0.25) is 0 Å². The van der Waals surface area contributed by atoms with Gasteiger partial charge in [0.15, 0.2) is 5.78 Å². The molecule has 0 aromatic rings. The molecule has 2 bridgehead atoms. The van der Waals surface area contributed by atoms with Gasteiger partial charge >= 0.3 is 17.9 Å². The monoisotopic (exact) mass is 476 g/mol. The maximum atomic E-state index is 14.1. The van der Waals surface area contributed by atoms with Gasteiger partial charge in [0, 0.05) is 26.2 Å². The van der Waals surface area contributed by atoms with Crippen molar-refractivity contribution in [3.8, 4) is 0 Å². The van der Waals surface area contributed by atoms with E-state index in [0.717, 1.165) is 19.3 Å². The summed E-state index contributed by atoms with van der Waals surface area (Å²) in [6.07, 6.45) is 2.06. The molecule has 5 rings (SSSR count). The van der Waals surface area contributed by atoms with E-state index in [1.165, 1.54) is 20.8 Å². The van der Waals surface area contributed by atoms with Crippen LogP contribution in [-0.2, 0) is 38.1 Å². The number of hydrogen-bond acceptors (Lipinski definition) is 8. The van der Waals surface area contributed by atoms with Gasteiger partial charge in [0.1, 0.15) is 24.9 Å². The number of ether oxygens (including phenoxy) is 4. The number of esters is 3. The second kappa shape index (κ2) is 7.28. The van der Waals surface area contributed by atoms with Crippen LogP contribution in [-0.4, -0.2) is 54.7 Å². The van der Waals surface area contributed by atoms with E-state index < -0.39 is 40.4 Å². The van der Waals surface area contributed by atoms with Crippen molar-refractivity contribution in [3.05, 3.63) is 0 Å². The van der Waals surface area contributed by atoms with Gasteiger partial charge in [0.25, 0.3) is 0 Å². The summed E-state index contributed by atoms with van der Waals surface area (Å²) >= 11 is 0. The first kappa shape index (κ1) is 23.8. The molecule has 0 aromatic heterocycles. The molecule has 8 nitrogen and oxygen atoms in total. The molecule has 0 amide bonds. The van der Waals surface area contributed by atoms with E-state index >= 15 is 0 Å². The Morgan fingerprint density at radius 2 is 1.53 bits per heavy atom. The van der Waals surface area contributed by atoms with Gasteiger partial charge in [-0.15, -0.1) is 0 Å². The van der Waals surface area contributed by atoms with E-state index in [9.17, 15) is 19.2 Å². The van der Waals surface area contributed by atoms with Crippen LogP contribution in [0, 0.1) is 33.5 Å². The Hall–Kier alpha value is -1.96. The molecule has 10 atom stereocenters. The van der Waals surface area contributed by atoms with E-state index in [-0.39, 0.29) is 47.8 Å². The van der Waals surface area contributed by atoms with Crippen molar-refractivity contribution < 1.29 is 38.1 Å². The summed E-state index contributed by atoms with van der Waals surface area (Å²) in [5, 5.41) is 0. The summed E-state index contributed by atoms with van der Waals surface area (Å²) in [5.41, 5.74) is -2.35. The molecule has 8 heteroatoms. The highest BCUT2D eigenvalue weighted by molar-refractivity contribution is 5.97. The van der Waals surface area contributed by atoms with Crippen molar-refractivity contribution in [1.82, 2.24) is 0 Å². The molecule has 4 saturated carbocycles. The van der Waals surface area contributed by atoms with Crippen LogP contribution in [0.1, 0.15) is 73.6 Å². The van der Waals surface area contributed by atoms with Crippen molar-refractivity contribution in [3.63, 3.8) is 0 Å². The van der Waals surface area contributed by atoms with Gasteiger partial charge in [-0.25, -0.2) is 0 Å². The third-order valence-corrected chi connectivity index (χ3v) is 10.3. The van der Waals surface area contributed by atoms with Crippen molar-refractivity contribution in [2.45, 2.75) is 98.1 Å². The SMILES string of the molecule is CC(=O)OC[C@]1(C)[C@H]2C[C@H](OC(C)=O)[C@@]34C(=O)[C@](C)(CC[C@H]3[C@]2(C)CC[C@H]1OC(C)=O)[C@H]1O[C@H]14. The van der Waals surface area contributed by atoms with Crippen LogP contribution < -0.4 is 0 Å². The Bertz CT molecular complexity index is 960. The van der Waals surface area contributed by atoms with Gasteiger partial charge in [-0.2, -0.15) is 0 Å². The average molecular weight is 477 g/mol. The highest BCUT2D eigenvalue weighted by Gasteiger charge is 2.85. The number of ketones is 1. The maximum Gasteiger partial charge on any atom is 0.302 e. The average Bonchev–Trinajstić information content (AvgIpc) is 3.52. The van der Waals surface area contributed by atoms with Crippen LogP contribution in [0.25, 0.3) is 0 Å². The Morgan fingerprint density at radius 3 is 2.15 bits per heavy atom. The van der Waals surface area contributed by atoms with Crippen molar-refractivity contribution in [1.29, 1.82) is 0 Å².